The summed E-state index contributed by atoms with van der Waals surface area (Å²) in [6.45, 7) is 4.51. The van der Waals surface area contributed by atoms with E-state index in [0.29, 0.717) is 5.92 Å². The molecule has 13 heavy (non-hydrogen) atoms. The van der Waals surface area contributed by atoms with Gasteiger partial charge in [0, 0.05) is 20.2 Å². The predicted octanol–water partition coefficient (Wildman–Crippen LogP) is 1.26. The molecule has 1 aliphatic rings. The molecule has 0 aromatic rings. The molecule has 0 spiro atoms. The normalized spacial score (nSPS) is 25.3. The number of carbonyl (C=O) groups is 1. The number of amides is 1. The minimum atomic E-state index is 0.0437. The van der Waals surface area contributed by atoms with Crippen molar-refractivity contribution in [2.45, 2.75) is 18.2 Å². The van der Waals surface area contributed by atoms with Gasteiger partial charge in [-0.15, -0.1) is 0 Å². The van der Waals surface area contributed by atoms with Gasteiger partial charge in [-0.05, 0) is 12.3 Å². The van der Waals surface area contributed by atoms with E-state index in [1.165, 1.54) is 0 Å². The molecule has 1 aliphatic heterocycles. The van der Waals surface area contributed by atoms with Crippen LogP contribution in [0.1, 0.15) is 13.3 Å². The number of alkyl halides is 1. The Labute approximate surface area is 87.6 Å². The second-order valence-corrected chi connectivity index (χ2v) is 4.71. The van der Waals surface area contributed by atoms with Gasteiger partial charge in [0.05, 0.1) is 11.4 Å². The molecule has 1 amide bonds. The second-order valence-electron chi connectivity index (χ2n) is 3.60. The third-order valence-corrected chi connectivity index (χ3v) is 3.06. The summed E-state index contributed by atoms with van der Waals surface area (Å²) < 4.78 is 5.03. The first-order valence-electron chi connectivity index (χ1n) is 4.57. The summed E-state index contributed by atoms with van der Waals surface area (Å²) in [5.41, 5.74) is 0. The Morgan fingerprint density at radius 3 is 2.92 bits per heavy atom. The van der Waals surface area contributed by atoms with E-state index in [0.717, 1.165) is 26.1 Å². The molecule has 76 valence electrons. The predicted molar refractivity (Wildman–Crippen MR) is 55.0 cm³/mol. The van der Waals surface area contributed by atoms with Crippen LogP contribution >= 0.6 is 15.9 Å². The molecule has 3 nitrogen and oxygen atoms in total. The Hall–Kier alpha value is -0.0900. The maximum absolute atomic E-state index is 11.5. The van der Waals surface area contributed by atoms with Crippen LogP contribution in [0.3, 0.4) is 0 Å². The molecule has 2 atom stereocenters. The van der Waals surface area contributed by atoms with Crippen molar-refractivity contribution >= 4 is 21.8 Å². The summed E-state index contributed by atoms with van der Waals surface area (Å²) >= 11 is 3.35. The van der Waals surface area contributed by atoms with E-state index in [-0.39, 0.29) is 10.7 Å². The standard InChI is InChI=1S/C9H16BrNO2/c1-7(6-13-2)5-11-4-3-8(10)9(11)12/h7-8H,3-6H2,1-2H3. The molecular weight excluding hydrogens is 234 g/mol. The van der Waals surface area contributed by atoms with Gasteiger partial charge in [0.25, 0.3) is 0 Å². The van der Waals surface area contributed by atoms with Crippen LogP contribution in [0, 0.1) is 5.92 Å². The molecule has 2 unspecified atom stereocenters. The van der Waals surface area contributed by atoms with Crippen molar-refractivity contribution in [3.63, 3.8) is 0 Å². The zero-order valence-corrected chi connectivity index (χ0v) is 9.71. The quantitative estimate of drug-likeness (QED) is 0.703. The lowest BCUT2D eigenvalue weighted by molar-refractivity contribution is -0.127. The smallest absolute Gasteiger partial charge is 0.236 e. The van der Waals surface area contributed by atoms with Crippen molar-refractivity contribution in [2.75, 3.05) is 26.8 Å². The number of rotatable bonds is 4. The van der Waals surface area contributed by atoms with Crippen LogP contribution in [0.4, 0.5) is 0 Å². The van der Waals surface area contributed by atoms with Crippen LogP contribution in [-0.4, -0.2) is 42.4 Å². The van der Waals surface area contributed by atoms with E-state index in [1.54, 1.807) is 7.11 Å². The number of nitrogens with zero attached hydrogens (tertiary/aromatic N) is 1. The van der Waals surface area contributed by atoms with Crippen molar-refractivity contribution in [2.24, 2.45) is 5.92 Å². The molecule has 0 saturated carbocycles. The van der Waals surface area contributed by atoms with Crippen molar-refractivity contribution in [1.29, 1.82) is 0 Å². The highest BCUT2D eigenvalue weighted by molar-refractivity contribution is 9.10. The van der Waals surface area contributed by atoms with E-state index in [1.807, 2.05) is 4.90 Å². The first-order chi connectivity index (χ1) is 6.15. The summed E-state index contributed by atoms with van der Waals surface area (Å²) in [5, 5.41) is 0. The van der Waals surface area contributed by atoms with Crippen LogP contribution in [0.5, 0.6) is 0 Å². The molecule has 1 fully saturated rings. The summed E-state index contributed by atoms with van der Waals surface area (Å²) in [4.78, 5) is 13.4. The van der Waals surface area contributed by atoms with Crippen molar-refractivity contribution < 1.29 is 9.53 Å². The number of hydrogen-bond donors (Lipinski definition) is 0. The zero-order valence-electron chi connectivity index (χ0n) is 8.12. The fourth-order valence-corrected chi connectivity index (χ4v) is 2.09. The lowest BCUT2D eigenvalue weighted by Gasteiger charge is -2.20. The van der Waals surface area contributed by atoms with Gasteiger partial charge in [-0.25, -0.2) is 0 Å². The molecule has 1 saturated heterocycles. The molecule has 0 bridgehead atoms. The van der Waals surface area contributed by atoms with Gasteiger partial charge in [0.15, 0.2) is 0 Å². The van der Waals surface area contributed by atoms with Crippen LogP contribution in [0.2, 0.25) is 0 Å². The van der Waals surface area contributed by atoms with Gasteiger partial charge < -0.3 is 9.64 Å². The number of likely N-dealkylation sites (tertiary alicyclic amines) is 1. The highest BCUT2D eigenvalue weighted by Gasteiger charge is 2.29. The Bertz CT molecular complexity index is 186. The maximum Gasteiger partial charge on any atom is 0.236 e. The minimum absolute atomic E-state index is 0.0437. The van der Waals surface area contributed by atoms with Gasteiger partial charge in [0.2, 0.25) is 5.91 Å². The molecule has 0 aromatic heterocycles. The number of carbonyl (C=O) groups excluding carboxylic acids is 1. The molecule has 0 N–H and O–H groups in total. The third-order valence-electron chi connectivity index (χ3n) is 2.22. The first kappa shape index (κ1) is 11.0. The molecular formula is C9H16BrNO2. The number of halogens is 1. The van der Waals surface area contributed by atoms with Crippen LogP contribution in [0.25, 0.3) is 0 Å². The van der Waals surface area contributed by atoms with E-state index >= 15 is 0 Å². The van der Waals surface area contributed by atoms with Crippen LogP contribution < -0.4 is 0 Å². The zero-order chi connectivity index (χ0) is 9.84. The number of methoxy groups -OCH3 is 1. The lowest BCUT2D eigenvalue weighted by atomic mass is 10.2. The average Bonchev–Trinajstić information content (AvgIpc) is 2.37. The molecule has 0 aliphatic carbocycles. The van der Waals surface area contributed by atoms with Crippen molar-refractivity contribution in [3.05, 3.63) is 0 Å². The van der Waals surface area contributed by atoms with E-state index in [4.69, 9.17) is 4.74 Å². The molecule has 0 radical (unpaired) electrons. The Morgan fingerprint density at radius 2 is 2.46 bits per heavy atom. The topological polar surface area (TPSA) is 29.5 Å². The molecule has 0 aromatic carbocycles. The van der Waals surface area contributed by atoms with Crippen molar-refractivity contribution in [3.8, 4) is 0 Å². The van der Waals surface area contributed by atoms with Gasteiger partial charge >= 0.3 is 0 Å². The monoisotopic (exact) mass is 249 g/mol. The fraction of sp³-hybridized carbons (Fsp3) is 0.889. The molecule has 4 heteroatoms. The lowest BCUT2D eigenvalue weighted by Crippen LogP contribution is -2.33. The fourth-order valence-electron chi connectivity index (χ4n) is 1.60. The number of hydrogen-bond acceptors (Lipinski definition) is 2. The Kier molecular flexibility index (Phi) is 4.19. The second kappa shape index (κ2) is 4.96. The van der Waals surface area contributed by atoms with E-state index in [9.17, 15) is 4.79 Å². The van der Waals surface area contributed by atoms with Gasteiger partial charge in [-0.1, -0.05) is 22.9 Å². The highest BCUT2D eigenvalue weighted by Crippen LogP contribution is 2.19. The van der Waals surface area contributed by atoms with E-state index in [2.05, 4.69) is 22.9 Å². The number of ether oxygens (including phenoxy) is 1. The average molecular weight is 250 g/mol. The summed E-state index contributed by atoms with van der Waals surface area (Å²) in [6.07, 6.45) is 0.929. The summed E-state index contributed by atoms with van der Waals surface area (Å²) in [7, 11) is 1.69. The van der Waals surface area contributed by atoms with Crippen LogP contribution in [-0.2, 0) is 9.53 Å². The third kappa shape index (κ3) is 2.95. The molecule has 1 rings (SSSR count). The minimum Gasteiger partial charge on any atom is -0.384 e. The van der Waals surface area contributed by atoms with Crippen LogP contribution in [0.15, 0.2) is 0 Å². The van der Waals surface area contributed by atoms with Gasteiger partial charge in [0.1, 0.15) is 0 Å². The Balaban J connectivity index is 2.33. The van der Waals surface area contributed by atoms with E-state index < -0.39 is 0 Å². The van der Waals surface area contributed by atoms with Gasteiger partial charge in [-0.2, -0.15) is 0 Å². The first-order valence-corrected chi connectivity index (χ1v) is 5.48. The Morgan fingerprint density at radius 1 is 1.77 bits per heavy atom. The maximum atomic E-state index is 11.5. The summed E-state index contributed by atoms with van der Waals surface area (Å²) in [5.74, 6) is 0.648. The van der Waals surface area contributed by atoms with Crippen molar-refractivity contribution in [1.82, 2.24) is 4.90 Å². The largest absolute Gasteiger partial charge is 0.384 e. The SMILES string of the molecule is COCC(C)CN1CCC(Br)C1=O. The van der Waals surface area contributed by atoms with Gasteiger partial charge in [-0.3, -0.25) is 4.79 Å². The highest BCUT2D eigenvalue weighted by atomic mass is 79.9. The summed E-state index contributed by atoms with van der Waals surface area (Å²) in [6, 6.07) is 0. The molecule has 1 heterocycles.